The molecule has 96 valence electrons. The van der Waals surface area contributed by atoms with Crippen LogP contribution in [-0.4, -0.2) is 11.3 Å². The maximum Gasteiger partial charge on any atom is 0.573 e. The van der Waals surface area contributed by atoms with Gasteiger partial charge in [-0.1, -0.05) is 24.3 Å². The number of ether oxygens (including phenoxy) is 1. The summed E-state index contributed by atoms with van der Waals surface area (Å²) in [5, 5.41) is 2.69. The Balaban J connectivity index is 2.17. The van der Waals surface area contributed by atoms with Crippen molar-refractivity contribution in [2.45, 2.75) is 6.36 Å². The van der Waals surface area contributed by atoms with Crippen molar-refractivity contribution in [1.29, 1.82) is 0 Å². The van der Waals surface area contributed by atoms with Crippen molar-refractivity contribution in [2.24, 2.45) is 0 Å². The molecule has 0 amide bonds. The average Bonchev–Trinajstić information content (AvgIpc) is 2.36. The third kappa shape index (κ3) is 2.31. The number of aromatic nitrogens is 1. The molecule has 3 rings (SSSR count). The molecule has 0 aliphatic carbocycles. The monoisotopic (exact) mass is 263 g/mol. The molecule has 5 heteroatoms. The van der Waals surface area contributed by atoms with E-state index in [1.165, 1.54) is 12.1 Å². The summed E-state index contributed by atoms with van der Waals surface area (Å²) in [7, 11) is 0. The maximum absolute atomic E-state index is 12.2. The minimum absolute atomic E-state index is 0.261. The molecular formula is C14H8F3NO. The molecule has 0 spiro atoms. The Bertz CT molecular complexity index is 752. The van der Waals surface area contributed by atoms with Crippen LogP contribution >= 0.6 is 0 Å². The summed E-state index contributed by atoms with van der Waals surface area (Å²) in [6.07, 6.45) is -3.06. The first-order chi connectivity index (χ1) is 9.03. The molecular weight excluding hydrogens is 255 g/mol. The standard InChI is InChI=1S/C14H8F3NO/c15-14(16,17)19-10-5-6-12-11-4-2-1-3-9(11)8-18-13(12)7-10/h1-8H. The fourth-order valence-corrected chi connectivity index (χ4v) is 2.04. The molecule has 0 bridgehead atoms. The van der Waals surface area contributed by atoms with E-state index in [2.05, 4.69) is 9.72 Å². The van der Waals surface area contributed by atoms with Gasteiger partial charge in [-0.05, 0) is 17.5 Å². The zero-order valence-electron chi connectivity index (χ0n) is 9.61. The van der Waals surface area contributed by atoms with Crippen LogP contribution in [0.5, 0.6) is 5.75 Å². The molecule has 0 saturated heterocycles. The van der Waals surface area contributed by atoms with Crippen LogP contribution in [0.25, 0.3) is 21.7 Å². The highest BCUT2D eigenvalue weighted by molar-refractivity contribution is 6.05. The highest BCUT2D eigenvalue weighted by Crippen LogP contribution is 2.29. The van der Waals surface area contributed by atoms with Crippen LogP contribution in [0.15, 0.2) is 48.7 Å². The minimum atomic E-state index is -4.69. The number of hydrogen-bond donors (Lipinski definition) is 0. The first-order valence-electron chi connectivity index (χ1n) is 5.56. The predicted molar refractivity (Wildman–Crippen MR) is 65.9 cm³/mol. The van der Waals surface area contributed by atoms with Gasteiger partial charge in [0, 0.05) is 23.0 Å². The molecule has 2 aromatic carbocycles. The van der Waals surface area contributed by atoms with E-state index in [0.717, 1.165) is 16.2 Å². The van der Waals surface area contributed by atoms with E-state index in [0.29, 0.717) is 5.52 Å². The number of benzene rings is 2. The minimum Gasteiger partial charge on any atom is -0.406 e. The quantitative estimate of drug-likeness (QED) is 0.611. The van der Waals surface area contributed by atoms with Gasteiger partial charge in [0.1, 0.15) is 5.75 Å². The van der Waals surface area contributed by atoms with Crippen molar-refractivity contribution < 1.29 is 17.9 Å². The molecule has 0 fully saturated rings. The molecule has 0 radical (unpaired) electrons. The number of hydrogen-bond acceptors (Lipinski definition) is 2. The Hall–Kier alpha value is -2.30. The molecule has 0 aliphatic rings. The van der Waals surface area contributed by atoms with Gasteiger partial charge in [0.25, 0.3) is 0 Å². The lowest BCUT2D eigenvalue weighted by atomic mass is 10.1. The molecule has 0 N–H and O–H groups in total. The summed E-state index contributed by atoms with van der Waals surface area (Å²) >= 11 is 0. The fourth-order valence-electron chi connectivity index (χ4n) is 2.04. The van der Waals surface area contributed by atoms with Gasteiger partial charge in [0.05, 0.1) is 5.52 Å². The normalized spacial score (nSPS) is 11.9. The Kier molecular flexibility index (Phi) is 2.55. The Morgan fingerprint density at radius 1 is 0.947 bits per heavy atom. The summed E-state index contributed by atoms with van der Waals surface area (Å²) < 4.78 is 40.3. The van der Waals surface area contributed by atoms with Gasteiger partial charge < -0.3 is 4.74 Å². The molecule has 1 aromatic heterocycles. The van der Waals surface area contributed by atoms with Crippen LogP contribution < -0.4 is 4.74 Å². The zero-order chi connectivity index (χ0) is 13.5. The summed E-state index contributed by atoms with van der Waals surface area (Å²) in [6.45, 7) is 0. The largest absolute Gasteiger partial charge is 0.573 e. The summed E-state index contributed by atoms with van der Waals surface area (Å²) in [5.74, 6) is -0.261. The van der Waals surface area contributed by atoms with Crippen molar-refractivity contribution in [3.63, 3.8) is 0 Å². The van der Waals surface area contributed by atoms with Gasteiger partial charge in [0.2, 0.25) is 0 Å². The van der Waals surface area contributed by atoms with Gasteiger partial charge in [-0.2, -0.15) is 0 Å². The number of fused-ring (bicyclic) bond motifs is 3. The van der Waals surface area contributed by atoms with Crippen LogP contribution in [0.3, 0.4) is 0 Å². The van der Waals surface area contributed by atoms with Crippen molar-refractivity contribution in [2.75, 3.05) is 0 Å². The highest BCUT2D eigenvalue weighted by Gasteiger charge is 2.31. The number of pyridine rings is 1. The van der Waals surface area contributed by atoms with Crippen LogP contribution in [0, 0.1) is 0 Å². The second kappa shape index (κ2) is 4.12. The molecule has 0 unspecified atom stereocenters. The first-order valence-corrected chi connectivity index (χ1v) is 5.56. The van der Waals surface area contributed by atoms with Gasteiger partial charge in [-0.25, -0.2) is 0 Å². The molecule has 0 aliphatic heterocycles. The van der Waals surface area contributed by atoms with Crippen molar-refractivity contribution >= 4 is 21.7 Å². The third-order valence-electron chi connectivity index (χ3n) is 2.80. The van der Waals surface area contributed by atoms with E-state index in [1.54, 1.807) is 12.3 Å². The van der Waals surface area contributed by atoms with Crippen LogP contribution in [-0.2, 0) is 0 Å². The number of rotatable bonds is 1. The van der Waals surface area contributed by atoms with Gasteiger partial charge in [0.15, 0.2) is 0 Å². The van der Waals surface area contributed by atoms with Crippen LogP contribution in [0.2, 0.25) is 0 Å². The third-order valence-corrected chi connectivity index (χ3v) is 2.80. The SMILES string of the molecule is FC(F)(F)Oc1ccc2c(c1)ncc1ccccc12. The lowest BCUT2D eigenvalue weighted by Crippen LogP contribution is -2.17. The summed E-state index contributed by atoms with van der Waals surface area (Å²) in [5.41, 5.74) is 0.473. The average molecular weight is 263 g/mol. The number of halogens is 3. The van der Waals surface area contributed by atoms with E-state index in [-0.39, 0.29) is 5.75 Å². The predicted octanol–water partition coefficient (Wildman–Crippen LogP) is 4.29. The second-order valence-corrected chi connectivity index (χ2v) is 4.07. The number of alkyl halides is 3. The van der Waals surface area contributed by atoms with E-state index >= 15 is 0 Å². The Morgan fingerprint density at radius 2 is 1.74 bits per heavy atom. The van der Waals surface area contributed by atoms with Crippen LogP contribution in [0.4, 0.5) is 13.2 Å². The van der Waals surface area contributed by atoms with E-state index in [4.69, 9.17) is 0 Å². The lowest BCUT2D eigenvalue weighted by molar-refractivity contribution is -0.274. The molecule has 3 aromatic rings. The molecule has 0 saturated carbocycles. The highest BCUT2D eigenvalue weighted by atomic mass is 19.4. The number of nitrogens with zero attached hydrogens (tertiary/aromatic N) is 1. The molecule has 2 nitrogen and oxygen atoms in total. The lowest BCUT2D eigenvalue weighted by Gasteiger charge is -2.10. The molecule has 0 atom stereocenters. The first kappa shape index (κ1) is 11.8. The van der Waals surface area contributed by atoms with Gasteiger partial charge in [-0.15, -0.1) is 13.2 Å². The summed E-state index contributed by atoms with van der Waals surface area (Å²) in [4.78, 5) is 4.15. The van der Waals surface area contributed by atoms with E-state index < -0.39 is 6.36 Å². The maximum atomic E-state index is 12.2. The van der Waals surface area contributed by atoms with Gasteiger partial charge in [-0.3, -0.25) is 4.98 Å². The smallest absolute Gasteiger partial charge is 0.406 e. The van der Waals surface area contributed by atoms with Crippen LogP contribution in [0.1, 0.15) is 0 Å². The zero-order valence-corrected chi connectivity index (χ0v) is 9.61. The fraction of sp³-hybridized carbons (Fsp3) is 0.0714. The topological polar surface area (TPSA) is 22.1 Å². The van der Waals surface area contributed by atoms with Crippen molar-refractivity contribution in [1.82, 2.24) is 4.98 Å². The van der Waals surface area contributed by atoms with Crippen molar-refractivity contribution in [3.05, 3.63) is 48.7 Å². The second-order valence-electron chi connectivity index (χ2n) is 4.07. The Labute approximate surface area is 106 Å². The van der Waals surface area contributed by atoms with E-state index in [1.807, 2.05) is 24.3 Å². The molecule has 1 heterocycles. The van der Waals surface area contributed by atoms with Crippen molar-refractivity contribution in [3.8, 4) is 5.75 Å². The van der Waals surface area contributed by atoms with E-state index in [9.17, 15) is 13.2 Å². The Morgan fingerprint density at radius 3 is 2.53 bits per heavy atom. The molecule has 19 heavy (non-hydrogen) atoms. The van der Waals surface area contributed by atoms with Gasteiger partial charge >= 0.3 is 6.36 Å². The summed E-state index contributed by atoms with van der Waals surface area (Å²) in [6, 6.07) is 11.7.